The molecule has 6 heteroatoms. The summed E-state index contributed by atoms with van der Waals surface area (Å²) >= 11 is 12.0. The third kappa shape index (κ3) is 3.25. The number of halogens is 2. The van der Waals surface area contributed by atoms with E-state index < -0.39 is 5.41 Å². The summed E-state index contributed by atoms with van der Waals surface area (Å²) in [5.74, 6) is -0.662. The quantitative estimate of drug-likeness (QED) is 0.777. The van der Waals surface area contributed by atoms with E-state index in [1.807, 2.05) is 13.0 Å². The van der Waals surface area contributed by atoms with Gasteiger partial charge in [-0.25, -0.2) is 0 Å². The molecule has 0 aliphatic heterocycles. The number of para-hydroxylation sites is 1. The maximum atomic E-state index is 12.6. The zero-order valence-electron chi connectivity index (χ0n) is 13.0. The molecule has 2 aromatic carbocycles. The Hall–Kier alpha value is -2.04. The first-order valence-electron chi connectivity index (χ1n) is 7.56. The number of amides is 2. The molecule has 2 amide bonds. The lowest BCUT2D eigenvalue weighted by Gasteiger charge is -2.17. The van der Waals surface area contributed by atoms with Gasteiger partial charge in [-0.05, 0) is 49.6 Å². The number of anilines is 2. The Bertz CT molecular complexity index is 816. The fourth-order valence-corrected chi connectivity index (χ4v) is 2.81. The molecule has 0 unspecified atom stereocenters. The molecule has 0 atom stereocenters. The minimum atomic E-state index is -1.05. The van der Waals surface area contributed by atoms with Gasteiger partial charge in [-0.2, -0.15) is 0 Å². The number of hydrogen-bond acceptors (Lipinski definition) is 2. The summed E-state index contributed by atoms with van der Waals surface area (Å²) in [5.41, 5.74) is 0.954. The smallest absolute Gasteiger partial charge is 0.240 e. The number of nitrogens with one attached hydrogen (secondary N) is 2. The maximum absolute atomic E-state index is 12.6. The third-order valence-corrected chi connectivity index (χ3v) is 4.75. The topological polar surface area (TPSA) is 58.2 Å². The van der Waals surface area contributed by atoms with E-state index in [4.69, 9.17) is 23.2 Å². The normalized spacial score (nSPS) is 14.8. The molecule has 0 bridgehead atoms. The number of carbonyl (C=O) groups excluding carboxylic acids is 2. The molecule has 2 N–H and O–H groups in total. The van der Waals surface area contributed by atoms with Crippen molar-refractivity contribution in [1.29, 1.82) is 0 Å². The number of aryl methyl sites for hydroxylation is 1. The number of hydrogen-bond donors (Lipinski definition) is 2. The molecule has 124 valence electrons. The summed E-state index contributed by atoms with van der Waals surface area (Å²) in [6, 6.07) is 12.2. The van der Waals surface area contributed by atoms with Crippen LogP contribution in [0.5, 0.6) is 0 Å². The van der Waals surface area contributed by atoms with Gasteiger partial charge in [0, 0.05) is 10.7 Å². The van der Waals surface area contributed by atoms with Crippen LogP contribution >= 0.6 is 23.2 Å². The Morgan fingerprint density at radius 1 is 0.958 bits per heavy atom. The average molecular weight is 363 g/mol. The van der Waals surface area contributed by atoms with E-state index in [1.54, 1.807) is 36.4 Å². The van der Waals surface area contributed by atoms with Crippen molar-refractivity contribution in [2.75, 3.05) is 10.6 Å². The Labute approximate surface area is 150 Å². The van der Waals surface area contributed by atoms with Gasteiger partial charge in [0.2, 0.25) is 11.8 Å². The van der Waals surface area contributed by atoms with Crippen molar-refractivity contribution >= 4 is 46.4 Å². The van der Waals surface area contributed by atoms with Crippen LogP contribution in [0.3, 0.4) is 0 Å². The fraction of sp³-hybridized carbons (Fsp3) is 0.222. The predicted molar refractivity (Wildman–Crippen MR) is 96.6 cm³/mol. The highest BCUT2D eigenvalue weighted by molar-refractivity contribution is 6.34. The van der Waals surface area contributed by atoms with Gasteiger partial charge in [0.25, 0.3) is 0 Å². The van der Waals surface area contributed by atoms with Crippen molar-refractivity contribution in [3.8, 4) is 0 Å². The van der Waals surface area contributed by atoms with E-state index >= 15 is 0 Å². The Balaban J connectivity index is 1.75. The van der Waals surface area contributed by atoms with E-state index in [0.29, 0.717) is 34.3 Å². The highest BCUT2D eigenvalue weighted by atomic mass is 35.5. The molecule has 3 rings (SSSR count). The summed E-state index contributed by atoms with van der Waals surface area (Å²) < 4.78 is 0. The van der Waals surface area contributed by atoms with E-state index in [2.05, 4.69) is 10.6 Å². The van der Waals surface area contributed by atoms with Crippen molar-refractivity contribution in [3.05, 3.63) is 58.1 Å². The molecular weight excluding hydrogens is 347 g/mol. The van der Waals surface area contributed by atoms with E-state index in [0.717, 1.165) is 5.56 Å². The van der Waals surface area contributed by atoms with Crippen LogP contribution in [0, 0.1) is 12.3 Å². The SMILES string of the molecule is Cc1ccc(Cl)cc1NC(=O)C1(C(=O)Nc2ccccc2Cl)CC1. The highest BCUT2D eigenvalue weighted by Crippen LogP contribution is 2.48. The first-order chi connectivity index (χ1) is 11.4. The molecule has 1 aliphatic rings. The zero-order chi connectivity index (χ0) is 17.3. The van der Waals surface area contributed by atoms with Crippen LogP contribution in [-0.2, 0) is 9.59 Å². The molecule has 0 heterocycles. The number of carbonyl (C=O) groups is 2. The first-order valence-corrected chi connectivity index (χ1v) is 8.31. The molecule has 24 heavy (non-hydrogen) atoms. The lowest BCUT2D eigenvalue weighted by molar-refractivity contribution is -0.131. The molecule has 1 aliphatic carbocycles. The molecule has 1 saturated carbocycles. The minimum Gasteiger partial charge on any atom is -0.325 e. The average Bonchev–Trinajstić information content (AvgIpc) is 3.35. The van der Waals surface area contributed by atoms with Crippen LogP contribution in [0.2, 0.25) is 10.0 Å². The van der Waals surface area contributed by atoms with Crippen molar-refractivity contribution in [2.45, 2.75) is 19.8 Å². The van der Waals surface area contributed by atoms with Crippen molar-refractivity contribution in [3.63, 3.8) is 0 Å². The van der Waals surface area contributed by atoms with E-state index in [1.165, 1.54) is 0 Å². The molecule has 0 saturated heterocycles. The highest BCUT2D eigenvalue weighted by Gasteiger charge is 2.56. The molecule has 0 radical (unpaired) electrons. The second-order valence-electron chi connectivity index (χ2n) is 5.93. The summed E-state index contributed by atoms with van der Waals surface area (Å²) in [7, 11) is 0. The summed E-state index contributed by atoms with van der Waals surface area (Å²) in [4.78, 5) is 25.2. The molecule has 4 nitrogen and oxygen atoms in total. The second kappa shape index (κ2) is 6.46. The Kier molecular flexibility index (Phi) is 4.52. The molecule has 0 aromatic heterocycles. The largest absolute Gasteiger partial charge is 0.325 e. The van der Waals surface area contributed by atoms with Gasteiger partial charge in [-0.15, -0.1) is 0 Å². The zero-order valence-corrected chi connectivity index (χ0v) is 14.5. The number of rotatable bonds is 4. The van der Waals surface area contributed by atoms with E-state index in [-0.39, 0.29) is 11.8 Å². The third-order valence-electron chi connectivity index (χ3n) is 4.19. The van der Waals surface area contributed by atoms with Gasteiger partial charge < -0.3 is 10.6 Å². The first kappa shape index (κ1) is 16.8. The van der Waals surface area contributed by atoms with Crippen molar-refractivity contribution in [2.24, 2.45) is 5.41 Å². The van der Waals surface area contributed by atoms with Gasteiger partial charge in [-0.1, -0.05) is 41.4 Å². The number of benzene rings is 2. The lowest BCUT2D eigenvalue weighted by atomic mass is 10.0. The monoisotopic (exact) mass is 362 g/mol. The molecule has 2 aromatic rings. The minimum absolute atomic E-state index is 0.322. The van der Waals surface area contributed by atoms with Gasteiger partial charge in [-0.3, -0.25) is 9.59 Å². The molecule has 1 fully saturated rings. The van der Waals surface area contributed by atoms with Crippen molar-refractivity contribution in [1.82, 2.24) is 0 Å². The Morgan fingerprint density at radius 3 is 2.21 bits per heavy atom. The van der Waals surface area contributed by atoms with Crippen LogP contribution in [-0.4, -0.2) is 11.8 Å². The van der Waals surface area contributed by atoms with Crippen LogP contribution in [0.1, 0.15) is 18.4 Å². The van der Waals surface area contributed by atoms with E-state index in [9.17, 15) is 9.59 Å². The van der Waals surface area contributed by atoms with Crippen LogP contribution < -0.4 is 10.6 Å². The van der Waals surface area contributed by atoms with Gasteiger partial charge in [0.15, 0.2) is 0 Å². The van der Waals surface area contributed by atoms with Crippen molar-refractivity contribution < 1.29 is 9.59 Å². The molecule has 0 spiro atoms. The predicted octanol–water partition coefficient (Wildman–Crippen LogP) is 4.66. The van der Waals surface area contributed by atoms with Gasteiger partial charge >= 0.3 is 0 Å². The van der Waals surface area contributed by atoms with Crippen LogP contribution in [0.25, 0.3) is 0 Å². The van der Waals surface area contributed by atoms with Crippen LogP contribution in [0.4, 0.5) is 11.4 Å². The standard InChI is InChI=1S/C18H16Cl2N2O2/c1-11-6-7-12(19)10-15(11)22-17(24)18(8-9-18)16(23)21-14-5-3-2-4-13(14)20/h2-7,10H,8-9H2,1H3,(H,21,23)(H,22,24). The van der Waals surface area contributed by atoms with Gasteiger partial charge in [0.1, 0.15) is 5.41 Å². The molecular formula is C18H16Cl2N2O2. The second-order valence-corrected chi connectivity index (χ2v) is 6.77. The van der Waals surface area contributed by atoms with Gasteiger partial charge in [0.05, 0.1) is 10.7 Å². The Morgan fingerprint density at radius 2 is 1.58 bits per heavy atom. The maximum Gasteiger partial charge on any atom is 0.240 e. The fourth-order valence-electron chi connectivity index (χ4n) is 2.46. The summed E-state index contributed by atoms with van der Waals surface area (Å²) in [6.45, 7) is 1.87. The summed E-state index contributed by atoms with van der Waals surface area (Å²) in [5, 5.41) is 6.53. The lowest BCUT2D eigenvalue weighted by Crippen LogP contribution is -2.35. The van der Waals surface area contributed by atoms with Crippen LogP contribution in [0.15, 0.2) is 42.5 Å². The summed E-state index contributed by atoms with van der Waals surface area (Å²) in [6.07, 6.45) is 1.02.